The average molecular weight is 313 g/mol. The summed E-state index contributed by atoms with van der Waals surface area (Å²) in [5.74, 6) is 0. The molecule has 0 atom stereocenters. The zero-order valence-electron chi connectivity index (χ0n) is 15.4. The molecule has 0 aromatic heterocycles. The Balaban J connectivity index is 1.84. The normalized spacial score (nSPS) is 22.4. The minimum Gasteiger partial charge on any atom is -0.378 e. The highest BCUT2D eigenvalue weighted by molar-refractivity contribution is 4.76. The summed E-state index contributed by atoms with van der Waals surface area (Å²) < 4.78 is 6.03. The number of unbranched alkanes of at least 4 members (excludes halogenated alkanes) is 5. The standard InChI is InChI=1S/C19H40N2O/c1-4-5-8-15-21(3)16-9-6-7-10-17-22-19-13-11-18(20-2)12-14-19/h18-20H,4-17H2,1-3H3. The highest BCUT2D eigenvalue weighted by Gasteiger charge is 2.19. The van der Waals surface area contributed by atoms with E-state index in [1.807, 2.05) is 0 Å². The third kappa shape index (κ3) is 9.81. The van der Waals surface area contributed by atoms with Crippen LogP contribution >= 0.6 is 0 Å². The lowest BCUT2D eigenvalue weighted by Crippen LogP contribution is -2.33. The lowest BCUT2D eigenvalue weighted by molar-refractivity contribution is 0.0210. The van der Waals surface area contributed by atoms with Gasteiger partial charge in [0.2, 0.25) is 0 Å². The molecule has 1 aliphatic rings. The molecule has 1 N–H and O–H groups in total. The van der Waals surface area contributed by atoms with Gasteiger partial charge in [-0.05, 0) is 72.1 Å². The average Bonchev–Trinajstić information content (AvgIpc) is 2.55. The molecule has 1 saturated carbocycles. The van der Waals surface area contributed by atoms with Gasteiger partial charge in [0.05, 0.1) is 6.10 Å². The van der Waals surface area contributed by atoms with Crippen molar-refractivity contribution in [3.8, 4) is 0 Å². The van der Waals surface area contributed by atoms with Crippen molar-refractivity contribution in [1.29, 1.82) is 0 Å². The number of rotatable bonds is 13. The fourth-order valence-electron chi connectivity index (χ4n) is 3.35. The summed E-state index contributed by atoms with van der Waals surface area (Å²) in [5.41, 5.74) is 0. The molecular weight excluding hydrogens is 272 g/mol. The van der Waals surface area contributed by atoms with Gasteiger partial charge in [-0.2, -0.15) is 0 Å². The third-order valence-corrected chi connectivity index (χ3v) is 5.01. The molecule has 1 rings (SSSR count). The quantitative estimate of drug-likeness (QED) is 0.515. The molecule has 0 unspecified atom stereocenters. The van der Waals surface area contributed by atoms with E-state index in [0.717, 1.165) is 12.6 Å². The molecule has 1 aliphatic carbocycles. The van der Waals surface area contributed by atoms with Crippen molar-refractivity contribution in [3.05, 3.63) is 0 Å². The van der Waals surface area contributed by atoms with Crippen LogP contribution in [0.2, 0.25) is 0 Å². The summed E-state index contributed by atoms with van der Waals surface area (Å²) in [4.78, 5) is 2.49. The topological polar surface area (TPSA) is 24.5 Å². The Labute approximate surface area is 139 Å². The van der Waals surface area contributed by atoms with Crippen LogP contribution in [0.25, 0.3) is 0 Å². The summed E-state index contributed by atoms with van der Waals surface area (Å²) >= 11 is 0. The maximum atomic E-state index is 6.03. The van der Waals surface area contributed by atoms with E-state index in [4.69, 9.17) is 4.74 Å². The van der Waals surface area contributed by atoms with Crippen LogP contribution in [0.4, 0.5) is 0 Å². The monoisotopic (exact) mass is 312 g/mol. The molecule has 0 radical (unpaired) electrons. The van der Waals surface area contributed by atoms with Gasteiger partial charge in [-0.1, -0.05) is 32.6 Å². The molecule has 3 nitrogen and oxygen atoms in total. The zero-order valence-corrected chi connectivity index (χ0v) is 15.4. The fraction of sp³-hybridized carbons (Fsp3) is 1.00. The van der Waals surface area contributed by atoms with Crippen molar-refractivity contribution in [3.63, 3.8) is 0 Å². The molecule has 0 spiro atoms. The molecule has 3 heteroatoms. The summed E-state index contributed by atoms with van der Waals surface area (Å²) in [6.07, 6.45) is 14.9. The summed E-state index contributed by atoms with van der Waals surface area (Å²) in [5, 5.41) is 3.38. The lowest BCUT2D eigenvalue weighted by atomic mass is 9.93. The Morgan fingerprint density at radius 1 is 0.909 bits per heavy atom. The minimum absolute atomic E-state index is 0.536. The fourth-order valence-corrected chi connectivity index (χ4v) is 3.35. The van der Waals surface area contributed by atoms with Gasteiger partial charge in [0, 0.05) is 12.6 Å². The van der Waals surface area contributed by atoms with Crippen LogP contribution < -0.4 is 5.32 Å². The molecule has 0 aromatic rings. The van der Waals surface area contributed by atoms with Crippen LogP contribution in [0.1, 0.15) is 77.6 Å². The Morgan fingerprint density at radius 3 is 2.18 bits per heavy atom. The second-order valence-electron chi connectivity index (χ2n) is 7.06. The highest BCUT2D eigenvalue weighted by atomic mass is 16.5. The second-order valence-corrected chi connectivity index (χ2v) is 7.06. The Bertz CT molecular complexity index is 240. The molecule has 1 fully saturated rings. The molecule has 0 amide bonds. The van der Waals surface area contributed by atoms with Crippen molar-refractivity contribution < 1.29 is 4.74 Å². The number of hydrogen-bond donors (Lipinski definition) is 1. The van der Waals surface area contributed by atoms with Crippen molar-refractivity contribution in [2.45, 2.75) is 89.7 Å². The van der Waals surface area contributed by atoms with Gasteiger partial charge >= 0.3 is 0 Å². The van der Waals surface area contributed by atoms with Crippen molar-refractivity contribution >= 4 is 0 Å². The highest BCUT2D eigenvalue weighted by Crippen LogP contribution is 2.21. The Kier molecular flexibility index (Phi) is 12.1. The second kappa shape index (κ2) is 13.3. The van der Waals surface area contributed by atoms with E-state index in [0.29, 0.717) is 6.10 Å². The van der Waals surface area contributed by atoms with Crippen LogP contribution in [0.15, 0.2) is 0 Å². The van der Waals surface area contributed by atoms with Crippen molar-refractivity contribution in [1.82, 2.24) is 10.2 Å². The summed E-state index contributed by atoms with van der Waals surface area (Å²) in [6.45, 7) is 5.78. The minimum atomic E-state index is 0.536. The largest absolute Gasteiger partial charge is 0.378 e. The third-order valence-electron chi connectivity index (χ3n) is 5.01. The van der Waals surface area contributed by atoms with E-state index in [2.05, 4.69) is 31.2 Å². The van der Waals surface area contributed by atoms with Crippen molar-refractivity contribution in [2.75, 3.05) is 33.8 Å². The van der Waals surface area contributed by atoms with Crippen LogP contribution in [0, 0.1) is 0 Å². The van der Waals surface area contributed by atoms with E-state index in [1.54, 1.807) is 0 Å². The van der Waals surface area contributed by atoms with E-state index in [-0.39, 0.29) is 0 Å². The van der Waals surface area contributed by atoms with Crippen molar-refractivity contribution in [2.24, 2.45) is 0 Å². The molecule has 22 heavy (non-hydrogen) atoms. The van der Waals surface area contributed by atoms with Gasteiger partial charge in [-0.25, -0.2) is 0 Å². The number of ether oxygens (including phenoxy) is 1. The Hall–Kier alpha value is -0.120. The van der Waals surface area contributed by atoms with Gasteiger partial charge in [0.25, 0.3) is 0 Å². The first kappa shape index (κ1) is 19.9. The van der Waals surface area contributed by atoms with Crippen LogP contribution in [-0.2, 0) is 4.74 Å². The first-order chi connectivity index (χ1) is 10.8. The maximum Gasteiger partial charge on any atom is 0.0576 e. The van der Waals surface area contributed by atoms with Crippen LogP contribution in [-0.4, -0.2) is 50.8 Å². The lowest BCUT2D eigenvalue weighted by Gasteiger charge is -2.28. The van der Waals surface area contributed by atoms with E-state index in [9.17, 15) is 0 Å². The zero-order chi connectivity index (χ0) is 16.0. The smallest absolute Gasteiger partial charge is 0.0576 e. The van der Waals surface area contributed by atoms with E-state index < -0.39 is 0 Å². The predicted molar refractivity (Wildman–Crippen MR) is 96.5 cm³/mol. The Morgan fingerprint density at radius 2 is 1.55 bits per heavy atom. The molecule has 0 bridgehead atoms. The summed E-state index contributed by atoms with van der Waals surface area (Å²) in [7, 11) is 4.34. The number of nitrogens with zero attached hydrogens (tertiary/aromatic N) is 1. The number of nitrogens with one attached hydrogen (secondary N) is 1. The molecule has 0 saturated heterocycles. The number of hydrogen-bond acceptors (Lipinski definition) is 3. The first-order valence-corrected chi connectivity index (χ1v) is 9.73. The van der Waals surface area contributed by atoms with Gasteiger partial charge in [0.1, 0.15) is 0 Å². The molecular formula is C19H40N2O. The van der Waals surface area contributed by atoms with E-state index in [1.165, 1.54) is 83.7 Å². The van der Waals surface area contributed by atoms with Crippen LogP contribution in [0.3, 0.4) is 0 Å². The van der Waals surface area contributed by atoms with Gasteiger partial charge < -0.3 is 15.0 Å². The van der Waals surface area contributed by atoms with Gasteiger partial charge in [-0.15, -0.1) is 0 Å². The maximum absolute atomic E-state index is 6.03. The summed E-state index contributed by atoms with van der Waals surface area (Å²) in [6, 6.07) is 0.731. The van der Waals surface area contributed by atoms with Gasteiger partial charge in [0.15, 0.2) is 0 Å². The van der Waals surface area contributed by atoms with Crippen LogP contribution in [0.5, 0.6) is 0 Å². The molecule has 0 heterocycles. The van der Waals surface area contributed by atoms with E-state index >= 15 is 0 Å². The predicted octanol–water partition coefficient (Wildman–Crippen LogP) is 4.22. The SMILES string of the molecule is CCCCCN(C)CCCCCCOC1CCC(NC)CC1. The molecule has 0 aromatic carbocycles. The first-order valence-electron chi connectivity index (χ1n) is 9.73. The molecule has 132 valence electrons. The molecule has 0 aliphatic heterocycles. The van der Waals surface area contributed by atoms with Gasteiger partial charge in [-0.3, -0.25) is 0 Å².